The van der Waals surface area contributed by atoms with Gasteiger partial charge in [0.1, 0.15) is 24.1 Å². The van der Waals surface area contributed by atoms with E-state index in [1.807, 2.05) is 6.07 Å². The minimum atomic E-state index is -0.552. The minimum Gasteiger partial charge on any atom is -0.443 e. The van der Waals surface area contributed by atoms with Gasteiger partial charge in [0.15, 0.2) is 0 Å². The fourth-order valence-electron chi connectivity index (χ4n) is 1.97. The Morgan fingerprint density at radius 2 is 2.43 bits per heavy atom. The number of hydrogen-bond acceptors (Lipinski definition) is 6. The highest BCUT2D eigenvalue weighted by atomic mass is 35.5. The number of aromatic nitrogens is 3. The second kappa shape index (κ2) is 5.66. The lowest BCUT2D eigenvalue weighted by molar-refractivity contribution is -0.389. The molecule has 9 heteroatoms. The van der Waals surface area contributed by atoms with E-state index in [1.54, 1.807) is 16.8 Å². The lowest BCUT2D eigenvalue weighted by Gasteiger charge is -2.22. The van der Waals surface area contributed by atoms with Crippen molar-refractivity contribution in [2.75, 3.05) is 6.61 Å². The molecule has 3 heterocycles. The van der Waals surface area contributed by atoms with Crippen molar-refractivity contribution in [1.29, 1.82) is 0 Å². The number of imidazole rings is 1. The summed E-state index contributed by atoms with van der Waals surface area (Å²) in [6.07, 6.45) is 2.77. The van der Waals surface area contributed by atoms with E-state index >= 15 is 0 Å². The molecule has 0 saturated carbocycles. The van der Waals surface area contributed by atoms with Crippen LogP contribution in [0.15, 0.2) is 24.5 Å². The van der Waals surface area contributed by atoms with Crippen LogP contribution in [0.25, 0.3) is 0 Å². The second-order valence-electron chi connectivity index (χ2n) is 4.52. The Morgan fingerprint density at radius 1 is 1.57 bits per heavy atom. The van der Waals surface area contributed by atoms with Crippen molar-refractivity contribution in [3.8, 4) is 6.01 Å². The Labute approximate surface area is 124 Å². The third kappa shape index (κ3) is 3.11. The zero-order valence-electron chi connectivity index (χ0n) is 10.8. The van der Waals surface area contributed by atoms with Crippen LogP contribution >= 0.6 is 11.6 Å². The first-order chi connectivity index (χ1) is 10.1. The smallest absolute Gasteiger partial charge is 0.414 e. The van der Waals surface area contributed by atoms with E-state index in [2.05, 4.69) is 9.97 Å². The average molecular weight is 311 g/mol. The van der Waals surface area contributed by atoms with Crippen molar-refractivity contribution in [3.05, 3.63) is 45.4 Å². The maximum atomic E-state index is 10.7. The van der Waals surface area contributed by atoms with Gasteiger partial charge in [0, 0.05) is 11.2 Å². The van der Waals surface area contributed by atoms with Crippen molar-refractivity contribution in [2.24, 2.45) is 0 Å². The fraction of sp³-hybridized carbons (Fsp3) is 0.333. The first-order valence-corrected chi connectivity index (χ1v) is 6.56. The molecule has 2 aromatic rings. The van der Waals surface area contributed by atoms with Crippen LogP contribution in [-0.4, -0.2) is 32.2 Å². The maximum absolute atomic E-state index is 10.7. The van der Waals surface area contributed by atoms with Gasteiger partial charge in [-0.1, -0.05) is 17.7 Å². The van der Waals surface area contributed by atoms with Gasteiger partial charge < -0.3 is 19.6 Å². The molecule has 0 spiro atoms. The third-order valence-corrected chi connectivity index (χ3v) is 3.21. The van der Waals surface area contributed by atoms with Gasteiger partial charge in [-0.15, -0.1) is 0 Å². The van der Waals surface area contributed by atoms with Crippen LogP contribution in [0.2, 0.25) is 5.15 Å². The summed E-state index contributed by atoms with van der Waals surface area (Å²) < 4.78 is 12.6. The van der Waals surface area contributed by atoms with Crippen LogP contribution in [0.1, 0.15) is 5.56 Å². The molecule has 3 rings (SSSR count). The Balaban J connectivity index is 1.61. The number of hydrogen-bond donors (Lipinski definition) is 0. The molecule has 0 radical (unpaired) electrons. The summed E-state index contributed by atoms with van der Waals surface area (Å²) >= 11 is 5.71. The normalized spacial score (nSPS) is 17.1. The zero-order chi connectivity index (χ0) is 14.8. The first-order valence-electron chi connectivity index (χ1n) is 6.18. The molecule has 0 aliphatic carbocycles. The Morgan fingerprint density at radius 3 is 3.14 bits per heavy atom. The Kier molecular flexibility index (Phi) is 3.72. The highest BCUT2D eigenvalue weighted by Gasteiger charge is 2.28. The number of nitro groups is 1. The van der Waals surface area contributed by atoms with Crippen molar-refractivity contribution >= 4 is 17.4 Å². The molecule has 0 fully saturated rings. The number of ether oxygens (including phenoxy) is 2. The van der Waals surface area contributed by atoms with E-state index in [-0.39, 0.29) is 17.9 Å². The predicted octanol–water partition coefficient (Wildman–Crippen LogP) is 1.82. The van der Waals surface area contributed by atoms with Gasteiger partial charge in [0.25, 0.3) is 0 Å². The lowest BCUT2D eigenvalue weighted by Crippen LogP contribution is -2.32. The highest BCUT2D eigenvalue weighted by molar-refractivity contribution is 6.29. The molecule has 0 aromatic carbocycles. The first kappa shape index (κ1) is 13.8. The molecule has 0 saturated heterocycles. The van der Waals surface area contributed by atoms with Crippen LogP contribution in [0, 0.1) is 10.1 Å². The van der Waals surface area contributed by atoms with Crippen molar-refractivity contribution in [3.63, 3.8) is 0 Å². The zero-order valence-corrected chi connectivity index (χ0v) is 11.6. The molecule has 0 unspecified atom stereocenters. The maximum Gasteiger partial charge on any atom is 0.414 e. The van der Waals surface area contributed by atoms with Gasteiger partial charge in [0.2, 0.25) is 0 Å². The van der Waals surface area contributed by atoms with E-state index < -0.39 is 4.92 Å². The topological polar surface area (TPSA) is 92.3 Å². The minimum absolute atomic E-state index is 0.206. The number of halogens is 1. The van der Waals surface area contributed by atoms with E-state index in [1.165, 1.54) is 6.20 Å². The molecule has 110 valence electrons. The van der Waals surface area contributed by atoms with Crippen LogP contribution in [-0.2, 0) is 17.9 Å². The van der Waals surface area contributed by atoms with Crippen LogP contribution in [0.4, 0.5) is 5.82 Å². The summed E-state index contributed by atoms with van der Waals surface area (Å²) in [5.74, 6) is -0.229. The van der Waals surface area contributed by atoms with Gasteiger partial charge in [0.05, 0.1) is 13.2 Å². The second-order valence-corrected chi connectivity index (χ2v) is 4.91. The molecule has 8 nitrogen and oxygen atoms in total. The summed E-state index contributed by atoms with van der Waals surface area (Å²) in [7, 11) is 0. The van der Waals surface area contributed by atoms with E-state index in [0.29, 0.717) is 24.9 Å². The summed E-state index contributed by atoms with van der Waals surface area (Å²) in [5.41, 5.74) is 0.891. The lowest BCUT2D eigenvalue weighted by atomic mass is 10.3. The molecule has 0 bridgehead atoms. The van der Waals surface area contributed by atoms with Gasteiger partial charge in [-0.3, -0.25) is 4.57 Å². The molecule has 0 N–H and O–H groups in total. The summed E-state index contributed by atoms with van der Waals surface area (Å²) in [6.45, 7) is 1.12. The highest BCUT2D eigenvalue weighted by Crippen LogP contribution is 2.22. The van der Waals surface area contributed by atoms with Crippen LogP contribution < -0.4 is 4.74 Å². The monoisotopic (exact) mass is 310 g/mol. The average Bonchev–Trinajstić information content (AvgIpc) is 2.90. The molecule has 0 amide bonds. The SMILES string of the molecule is O=[N+]([O-])c1cn2c(n1)OC[C@@H](OCc1ccc(Cl)nc1)C2. The van der Waals surface area contributed by atoms with Crippen molar-refractivity contribution in [1.82, 2.24) is 14.5 Å². The van der Waals surface area contributed by atoms with E-state index in [9.17, 15) is 10.1 Å². The van der Waals surface area contributed by atoms with Gasteiger partial charge in [-0.25, -0.2) is 4.98 Å². The van der Waals surface area contributed by atoms with Gasteiger partial charge in [-0.05, 0) is 16.6 Å². The van der Waals surface area contributed by atoms with Crippen LogP contribution in [0.5, 0.6) is 6.01 Å². The van der Waals surface area contributed by atoms with Gasteiger partial charge >= 0.3 is 11.8 Å². The molecular weight excluding hydrogens is 300 g/mol. The largest absolute Gasteiger partial charge is 0.443 e. The molecule has 1 atom stereocenters. The van der Waals surface area contributed by atoms with Crippen molar-refractivity contribution < 1.29 is 14.4 Å². The third-order valence-electron chi connectivity index (χ3n) is 2.99. The Hall–Kier alpha value is -2.19. The van der Waals surface area contributed by atoms with Crippen LogP contribution in [0.3, 0.4) is 0 Å². The fourth-order valence-corrected chi connectivity index (χ4v) is 2.08. The molecule has 1 aliphatic rings. The number of fused-ring (bicyclic) bond motifs is 1. The molecule has 2 aromatic heterocycles. The van der Waals surface area contributed by atoms with E-state index in [0.717, 1.165) is 5.56 Å². The van der Waals surface area contributed by atoms with Gasteiger partial charge in [-0.2, -0.15) is 0 Å². The summed E-state index contributed by atoms with van der Waals surface area (Å²) in [6, 6.07) is 3.76. The predicted molar refractivity (Wildman–Crippen MR) is 72.2 cm³/mol. The molecule has 21 heavy (non-hydrogen) atoms. The summed E-state index contributed by atoms with van der Waals surface area (Å²) in [5, 5.41) is 11.1. The quantitative estimate of drug-likeness (QED) is 0.486. The molecule has 1 aliphatic heterocycles. The van der Waals surface area contributed by atoms with Crippen molar-refractivity contribution in [2.45, 2.75) is 19.3 Å². The standard InChI is InChI=1S/C12H11ClN4O4/c13-10-2-1-8(3-14-10)6-20-9-4-16-5-11(17(18)19)15-12(16)21-7-9/h1-3,5,9H,4,6-7H2/t9-/m0/s1. The Bertz CT molecular complexity index is 658. The number of rotatable bonds is 4. The summed E-state index contributed by atoms with van der Waals surface area (Å²) in [4.78, 5) is 17.9. The number of pyridine rings is 1. The number of nitrogens with zero attached hydrogens (tertiary/aromatic N) is 4. The molecular formula is C12H11ClN4O4. The van der Waals surface area contributed by atoms with E-state index in [4.69, 9.17) is 21.1 Å².